The second-order valence-electron chi connectivity index (χ2n) is 5.69. The number of phenols is 1. The van der Waals surface area contributed by atoms with Gasteiger partial charge >= 0.3 is 0 Å². The highest BCUT2D eigenvalue weighted by Gasteiger charge is 2.41. The Hall–Kier alpha value is -2.67. The molecule has 3 N–H and O–H groups in total. The molecular weight excluding hydrogens is 324 g/mol. The number of nitro benzene ring substituents is 1. The molecule has 2 aliphatic carbocycles. The van der Waals surface area contributed by atoms with Gasteiger partial charge in [-0.15, -0.1) is 0 Å². The van der Waals surface area contributed by atoms with Gasteiger partial charge in [0.25, 0.3) is 5.69 Å². The number of allylic oxidation sites excluding steroid dienone is 2. The maximum absolute atomic E-state index is 10.9. The number of hydrogen-bond donors (Lipinski definition) is 3. The van der Waals surface area contributed by atoms with E-state index >= 15 is 0 Å². The van der Waals surface area contributed by atoms with Crippen molar-refractivity contribution in [1.82, 2.24) is 4.57 Å². The Bertz CT molecular complexity index is 867. The number of aromatic hydroxyl groups is 3. The van der Waals surface area contributed by atoms with Crippen LogP contribution in [-0.2, 0) is 0 Å². The molecule has 8 heteroatoms. The molecule has 0 saturated heterocycles. The van der Waals surface area contributed by atoms with Crippen LogP contribution in [0.3, 0.4) is 0 Å². The summed E-state index contributed by atoms with van der Waals surface area (Å²) in [6.07, 6.45) is 4.75. The Balaban J connectivity index is 1.94. The van der Waals surface area contributed by atoms with E-state index in [9.17, 15) is 25.4 Å². The maximum atomic E-state index is 10.9. The average molecular weight is 335 g/mol. The molecule has 0 spiro atoms. The molecule has 0 aliphatic heterocycles. The molecule has 1 aromatic carbocycles. The van der Waals surface area contributed by atoms with E-state index in [0.717, 1.165) is 23.1 Å². The molecule has 0 amide bonds. The highest BCUT2D eigenvalue weighted by atomic mass is 35.5. The summed E-state index contributed by atoms with van der Waals surface area (Å²) in [4.78, 5) is 10.1. The fraction of sp³-hybridized carbons (Fsp3) is 0.200. The molecule has 0 radical (unpaired) electrons. The zero-order chi connectivity index (χ0) is 16.5. The second-order valence-corrected chi connectivity index (χ2v) is 6.10. The topological polar surface area (TPSA) is 109 Å². The predicted molar refractivity (Wildman–Crippen MR) is 81.7 cm³/mol. The van der Waals surface area contributed by atoms with Crippen LogP contribution in [0.4, 0.5) is 5.69 Å². The predicted octanol–water partition coefficient (Wildman–Crippen LogP) is 3.30. The lowest BCUT2D eigenvalue weighted by Gasteiger charge is -2.12. The van der Waals surface area contributed by atoms with Crippen LogP contribution in [0.1, 0.15) is 29.4 Å². The molecule has 1 heterocycles. The molecule has 7 nitrogen and oxygen atoms in total. The number of fused-ring (bicyclic) bond motifs is 5. The van der Waals surface area contributed by atoms with E-state index in [0.29, 0.717) is 11.1 Å². The van der Waals surface area contributed by atoms with E-state index in [2.05, 4.69) is 0 Å². The van der Waals surface area contributed by atoms with Gasteiger partial charge in [0.05, 0.1) is 16.7 Å². The summed E-state index contributed by atoms with van der Waals surface area (Å²) in [7, 11) is 0. The summed E-state index contributed by atoms with van der Waals surface area (Å²) < 4.78 is 1.07. The number of nitrogens with zero attached hydrogens (tertiary/aromatic N) is 2. The van der Waals surface area contributed by atoms with Gasteiger partial charge in [0.1, 0.15) is 10.8 Å². The van der Waals surface area contributed by atoms with E-state index in [-0.39, 0.29) is 34.3 Å². The number of hydrogen-bond acceptors (Lipinski definition) is 5. The van der Waals surface area contributed by atoms with Gasteiger partial charge in [-0.1, -0.05) is 23.8 Å². The Kier molecular flexibility index (Phi) is 2.68. The largest absolute Gasteiger partial charge is 0.505 e. The van der Waals surface area contributed by atoms with Crippen LogP contribution in [0.15, 0.2) is 24.3 Å². The molecular formula is C15H11ClN2O5. The van der Waals surface area contributed by atoms with Crippen LogP contribution < -0.4 is 0 Å². The van der Waals surface area contributed by atoms with Crippen molar-refractivity contribution < 1.29 is 20.2 Å². The lowest BCUT2D eigenvalue weighted by molar-refractivity contribution is -0.384. The van der Waals surface area contributed by atoms with E-state index in [1.807, 2.05) is 12.2 Å². The van der Waals surface area contributed by atoms with Crippen molar-refractivity contribution in [2.45, 2.75) is 18.3 Å². The van der Waals surface area contributed by atoms with Crippen LogP contribution in [-0.4, -0.2) is 24.8 Å². The summed E-state index contributed by atoms with van der Waals surface area (Å²) in [6.45, 7) is 0. The highest BCUT2D eigenvalue weighted by Crippen LogP contribution is 2.57. The van der Waals surface area contributed by atoms with Crippen molar-refractivity contribution in [3.8, 4) is 23.2 Å². The number of benzene rings is 1. The Morgan fingerprint density at radius 2 is 1.70 bits per heavy atom. The zero-order valence-corrected chi connectivity index (χ0v) is 12.4. The lowest BCUT2D eigenvalue weighted by atomic mass is 10.0. The third-order valence-electron chi connectivity index (χ3n) is 4.50. The van der Waals surface area contributed by atoms with Gasteiger partial charge in [-0.25, -0.2) is 4.57 Å². The van der Waals surface area contributed by atoms with E-state index in [4.69, 9.17) is 11.6 Å². The van der Waals surface area contributed by atoms with Gasteiger partial charge in [-0.3, -0.25) is 10.1 Å². The first-order chi connectivity index (χ1) is 10.9. The first kappa shape index (κ1) is 14.0. The van der Waals surface area contributed by atoms with Crippen LogP contribution in [0.25, 0.3) is 5.69 Å². The van der Waals surface area contributed by atoms with Gasteiger partial charge in [-0.05, 0) is 12.5 Å². The molecule has 0 saturated carbocycles. The minimum atomic E-state index is -0.717. The lowest BCUT2D eigenvalue weighted by Crippen LogP contribution is -1.98. The molecule has 0 fully saturated rings. The molecule has 118 valence electrons. The van der Waals surface area contributed by atoms with Gasteiger partial charge < -0.3 is 15.3 Å². The fourth-order valence-electron chi connectivity index (χ4n) is 3.53. The molecule has 2 aliphatic rings. The molecule has 2 aromatic rings. The quantitative estimate of drug-likeness (QED) is 0.443. The summed E-state index contributed by atoms with van der Waals surface area (Å²) in [5, 5.41) is 41.7. The Morgan fingerprint density at radius 3 is 2.22 bits per heavy atom. The monoisotopic (exact) mass is 334 g/mol. The smallest absolute Gasteiger partial charge is 0.291 e. The Labute approximate surface area is 134 Å². The van der Waals surface area contributed by atoms with Crippen LogP contribution in [0, 0.1) is 10.1 Å². The van der Waals surface area contributed by atoms with Crippen molar-refractivity contribution >= 4 is 17.3 Å². The Morgan fingerprint density at radius 1 is 1.13 bits per heavy atom. The van der Waals surface area contributed by atoms with Crippen molar-refractivity contribution in [2.24, 2.45) is 0 Å². The second kappa shape index (κ2) is 4.42. The van der Waals surface area contributed by atoms with Crippen molar-refractivity contribution in [1.29, 1.82) is 0 Å². The molecule has 2 atom stereocenters. The fourth-order valence-corrected chi connectivity index (χ4v) is 3.75. The minimum Gasteiger partial charge on any atom is -0.505 e. The molecule has 2 bridgehead atoms. The van der Waals surface area contributed by atoms with Gasteiger partial charge in [0.15, 0.2) is 0 Å². The van der Waals surface area contributed by atoms with Crippen LogP contribution in [0.5, 0.6) is 17.5 Å². The molecule has 4 rings (SSSR count). The molecule has 1 aromatic heterocycles. The van der Waals surface area contributed by atoms with Crippen molar-refractivity contribution in [2.75, 3.05) is 0 Å². The summed E-state index contributed by atoms with van der Waals surface area (Å²) in [5.41, 5.74) is 0.797. The number of aromatic nitrogens is 1. The van der Waals surface area contributed by atoms with Crippen LogP contribution in [0.2, 0.25) is 5.02 Å². The highest BCUT2D eigenvalue weighted by molar-refractivity contribution is 6.32. The average Bonchev–Trinajstić information content (AvgIpc) is 3.16. The minimum absolute atomic E-state index is 0.00981. The molecule has 0 unspecified atom stereocenters. The SMILES string of the molecule is O=[N+]([O-])c1cc(O)c(-n2c(O)c3c(c2O)[C@H]2C=C[C@@H]3C2)cc1Cl. The third-order valence-corrected chi connectivity index (χ3v) is 4.81. The third kappa shape index (κ3) is 1.71. The first-order valence-electron chi connectivity index (χ1n) is 6.92. The number of nitro groups is 1. The molecule has 23 heavy (non-hydrogen) atoms. The maximum Gasteiger partial charge on any atom is 0.291 e. The van der Waals surface area contributed by atoms with Crippen molar-refractivity contribution in [3.05, 3.63) is 50.5 Å². The number of phenolic OH excluding ortho intramolecular Hbond substituents is 1. The van der Waals surface area contributed by atoms with Crippen LogP contribution >= 0.6 is 11.6 Å². The standard InChI is InChI=1S/C15H11ClN2O5/c16-8-4-10(11(19)5-9(8)18(22)23)17-14(20)12-6-1-2-7(3-6)13(12)15(17)21/h1-2,4-7,19-21H,3H2/t6-,7+. The number of halogens is 1. The summed E-state index contributed by atoms with van der Waals surface area (Å²) in [6, 6.07) is 2.05. The van der Waals surface area contributed by atoms with E-state index in [1.165, 1.54) is 0 Å². The van der Waals surface area contributed by atoms with Gasteiger partial charge in [0.2, 0.25) is 11.8 Å². The van der Waals surface area contributed by atoms with Crippen molar-refractivity contribution in [3.63, 3.8) is 0 Å². The van der Waals surface area contributed by atoms with Gasteiger partial charge in [-0.2, -0.15) is 0 Å². The summed E-state index contributed by atoms with van der Waals surface area (Å²) in [5.74, 6) is -0.777. The number of rotatable bonds is 2. The first-order valence-corrected chi connectivity index (χ1v) is 7.30. The zero-order valence-electron chi connectivity index (χ0n) is 11.6. The van der Waals surface area contributed by atoms with E-state index in [1.54, 1.807) is 0 Å². The summed E-state index contributed by atoms with van der Waals surface area (Å²) >= 11 is 5.87. The van der Waals surface area contributed by atoms with Gasteiger partial charge in [0, 0.05) is 23.0 Å². The normalized spacial score (nSPS) is 20.9. The van der Waals surface area contributed by atoms with E-state index < -0.39 is 16.4 Å².